The van der Waals surface area contributed by atoms with Crippen molar-refractivity contribution in [1.29, 1.82) is 0 Å². The van der Waals surface area contributed by atoms with Gasteiger partial charge in [0.05, 0.1) is 12.0 Å². The molecule has 3 rings (SSSR count). The Hall–Kier alpha value is -3.97. The molecule has 0 saturated carbocycles. The van der Waals surface area contributed by atoms with Crippen LogP contribution < -0.4 is 14.2 Å². The molecule has 0 spiro atoms. The van der Waals surface area contributed by atoms with Crippen molar-refractivity contribution in [3.05, 3.63) is 58.0 Å². The van der Waals surface area contributed by atoms with E-state index in [2.05, 4.69) is 14.9 Å². The molecule has 0 amide bonds. The number of rotatable bonds is 8. The van der Waals surface area contributed by atoms with E-state index in [9.17, 15) is 32.1 Å². The Balaban J connectivity index is 1.79. The quantitative estimate of drug-likeness (QED) is 0.266. The fourth-order valence-electron chi connectivity index (χ4n) is 2.55. The summed E-state index contributed by atoms with van der Waals surface area (Å²) in [6.45, 7) is -3.64. The minimum Gasteiger partial charge on any atom is -0.493 e. The molecular formula is C18H12F5N3O6. The molecule has 170 valence electrons. The lowest BCUT2D eigenvalue weighted by molar-refractivity contribution is -0.385. The number of halogens is 5. The summed E-state index contributed by atoms with van der Waals surface area (Å²) in [6, 6.07) is 5.85. The first-order chi connectivity index (χ1) is 15.1. The molecule has 9 nitrogen and oxygen atoms in total. The maximum Gasteiger partial charge on any atom is 0.420 e. The number of hydrogen-bond donors (Lipinski definition) is 0. The van der Waals surface area contributed by atoms with Gasteiger partial charge in [-0.25, -0.2) is 0 Å². The van der Waals surface area contributed by atoms with Crippen molar-refractivity contribution in [2.45, 2.75) is 19.4 Å². The molecule has 0 atom stereocenters. The Kier molecular flexibility index (Phi) is 6.41. The van der Waals surface area contributed by atoms with Crippen LogP contribution in [0.15, 0.2) is 40.9 Å². The lowest BCUT2D eigenvalue weighted by Gasteiger charge is -2.12. The smallest absolute Gasteiger partial charge is 0.420 e. The third-order valence-electron chi connectivity index (χ3n) is 3.94. The summed E-state index contributed by atoms with van der Waals surface area (Å²) in [5.74, 6) is -1.16. The van der Waals surface area contributed by atoms with Gasteiger partial charge in [-0.3, -0.25) is 10.1 Å². The molecule has 0 unspecified atom stereocenters. The summed E-state index contributed by atoms with van der Waals surface area (Å²) in [5, 5.41) is 14.4. The number of nitro groups is 1. The van der Waals surface area contributed by atoms with Gasteiger partial charge >= 0.3 is 12.8 Å². The van der Waals surface area contributed by atoms with E-state index in [0.29, 0.717) is 6.07 Å². The normalized spacial score (nSPS) is 11.5. The van der Waals surface area contributed by atoms with Crippen molar-refractivity contribution in [2.24, 2.45) is 0 Å². The van der Waals surface area contributed by atoms with E-state index in [-0.39, 0.29) is 28.8 Å². The molecule has 1 aromatic heterocycles. The molecule has 0 aliphatic rings. The number of non-ortho nitro benzene ring substituents is 1. The van der Waals surface area contributed by atoms with E-state index < -0.39 is 41.3 Å². The summed E-state index contributed by atoms with van der Waals surface area (Å²) in [6.07, 6.45) is -4.90. The van der Waals surface area contributed by atoms with E-state index in [0.717, 1.165) is 12.1 Å². The van der Waals surface area contributed by atoms with Crippen LogP contribution in [0.4, 0.5) is 27.6 Å². The highest BCUT2D eigenvalue weighted by molar-refractivity contribution is 5.60. The molecule has 0 aliphatic carbocycles. The Morgan fingerprint density at radius 3 is 2.47 bits per heavy atom. The zero-order chi connectivity index (χ0) is 23.5. The van der Waals surface area contributed by atoms with Crippen LogP contribution in [0.3, 0.4) is 0 Å². The first kappa shape index (κ1) is 22.7. The van der Waals surface area contributed by atoms with Gasteiger partial charge in [-0.2, -0.15) is 26.9 Å². The standard InChI is InChI=1S/C18H12F5N3O6/c1-29-14-6-9(2-4-13(14)31-17(19)20)16-24-15(32-25-16)8-30-12-5-3-10(26(27)28)7-11(12)18(21,22)23/h2-7,17H,8H2,1H3. The molecule has 14 heteroatoms. The Bertz CT molecular complexity index is 1120. The van der Waals surface area contributed by atoms with Crippen LogP contribution >= 0.6 is 0 Å². The highest BCUT2D eigenvalue weighted by Crippen LogP contribution is 2.38. The highest BCUT2D eigenvalue weighted by atomic mass is 19.4. The van der Waals surface area contributed by atoms with Gasteiger partial charge in [-0.1, -0.05) is 5.16 Å². The van der Waals surface area contributed by atoms with Crippen LogP contribution in [0.25, 0.3) is 11.4 Å². The van der Waals surface area contributed by atoms with Gasteiger partial charge in [0.1, 0.15) is 11.3 Å². The van der Waals surface area contributed by atoms with Gasteiger partial charge in [0.25, 0.3) is 11.6 Å². The molecule has 3 aromatic rings. The minimum atomic E-state index is -4.90. The monoisotopic (exact) mass is 461 g/mol. The van der Waals surface area contributed by atoms with Gasteiger partial charge in [0.2, 0.25) is 5.82 Å². The summed E-state index contributed by atoms with van der Waals surface area (Å²) < 4.78 is 83.7. The van der Waals surface area contributed by atoms with Crippen molar-refractivity contribution in [3.8, 4) is 28.6 Å². The third-order valence-corrected chi connectivity index (χ3v) is 3.94. The van der Waals surface area contributed by atoms with Gasteiger partial charge < -0.3 is 18.7 Å². The molecule has 0 bridgehead atoms. The maximum absolute atomic E-state index is 13.2. The number of alkyl halides is 5. The number of methoxy groups -OCH3 is 1. The second-order valence-corrected chi connectivity index (χ2v) is 5.98. The van der Waals surface area contributed by atoms with E-state index >= 15 is 0 Å². The number of aromatic nitrogens is 2. The molecule has 0 radical (unpaired) electrons. The molecule has 32 heavy (non-hydrogen) atoms. The molecule has 0 N–H and O–H groups in total. The largest absolute Gasteiger partial charge is 0.493 e. The van der Waals surface area contributed by atoms with Crippen LogP contribution in [0, 0.1) is 10.1 Å². The predicted molar refractivity (Wildman–Crippen MR) is 95.3 cm³/mol. The summed E-state index contributed by atoms with van der Waals surface area (Å²) in [5.41, 5.74) is -1.81. The predicted octanol–water partition coefficient (Wildman–Crippen LogP) is 4.85. The first-order valence-corrected chi connectivity index (χ1v) is 8.52. The topological polar surface area (TPSA) is 110 Å². The molecule has 0 saturated heterocycles. The van der Waals surface area contributed by atoms with Crippen molar-refractivity contribution < 1.29 is 45.6 Å². The molecular weight excluding hydrogens is 449 g/mol. The number of nitro benzene ring substituents is 1. The second-order valence-electron chi connectivity index (χ2n) is 5.98. The molecule has 0 fully saturated rings. The Morgan fingerprint density at radius 2 is 1.84 bits per heavy atom. The van der Waals surface area contributed by atoms with E-state index in [1.165, 1.54) is 25.3 Å². The van der Waals surface area contributed by atoms with Gasteiger partial charge in [-0.15, -0.1) is 0 Å². The zero-order valence-electron chi connectivity index (χ0n) is 15.9. The average Bonchev–Trinajstić information content (AvgIpc) is 3.20. The minimum absolute atomic E-state index is 0.0229. The van der Waals surface area contributed by atoms with Crippen LogP contribution in [-0.2, 0) is 12.8 Å². The van der Waals surface area contributed by atoms with E-state index in [4.69, 9.17) is 14.0 Å². The summed E-state index contributed by atoms with van der Waals surface area (Å²) in [4.78, 5) is 13.7. The van der Waals surface area contributed by atoms with Crippen LogP contribution in [0.2, 0.25) is 0 Å². The SMILES string of the molecule is COc1cc(-c2noc(COc3ccc([N+](=O)[O-])cc3C(F)(F)F)n2)ccc1OC(F)F. The fourth-order valence-corrected chi connectivity index (χ4v) is 2.55. The van der Waals surface area contributed by atoms with Crippen LogP contribution in [0.1, 0.15) is 11.5 Å². The number of ether oxygens (including phenoxy) is 3. The average molecular weight is 461 g/mol. The number of nitrogens with zero attached hydrogens (tertiary/aromatic N) is 3. The second kappa shape index (κ2) is 9.03. The molecule has 2 aromatic carbocycles. The Morgan fingerprint density at radius 1 is 1.12 bits per heavy atom. The highest BCUT2D eigenvalue weighted by Gasteiger charge is 2.36. The lowest BCUT2D eigenvalue weighted by Crippen LogP contribution is -2.09. The van der Waals surface area contributed by atoms with Crippen molar-refractivity contribution in [3.63, 3.8) is 0 Å². The first-order valence-electron chi connectivity index (χ1n) is 8.52. The van der Waals surface area contributed by atoms with E-state index in [1.807, 2.05) is 0 Å². The fraction of sp³-hybridized carbons (Fsp3) is 0.222. The number of benzene rings is 2. The molecule has 1 heterocycles. The van der Waals surface area contributed by atoms with Gasteiger partial charge in [0, 0.05) is 17.7 Å². The number of hydrogen-bond acceptors (Lipinski definition) is 8. The lowest BCUT2D eigenvalue weighted by atomic mass is 10.1. The maximum atomic E-state index is 13.2. The van der Waals surface area contributed by atoms with Crippen molar-refractivity contribution in [2.75, 3.05) is 7.11 Å². The van der Waals surface area contributed by atoms with Crippen molar-refractivity contribution >= 4 is 5.69 Å². The molecule has 0 aliphatic heterocycles. The zero-order valence-corrected chi connectivity index (χ0v) is 15.9. The van der Waals surface area contributed by atoms with Crippen LogP contribution in [-0.4, -0.2) is 28.8 Å². The van der Waals surface area contributed by atoms with Crippen LogP contribution in [0.5, 0.6) is 17.2 Å². The summed E-state index contributed by atoms with van der Waals surface area (Å²) in [7, 11) is 1.23. The Labute approximate surface area is 175 Å². The third kappa shape index (κ3) is 5.19. The summed E-state index contributed by atoms with van der Waals surface area (Å²) >= 11 is 0. The van der Waals surface area contributed by atoms with Crippen molar-refractivity contribution in [1.82, 2.24) is 10.1 Å². The van der Waals surface area contributed by atoms with E-state index in [1.54, 1.807) is 0 Å². The van der Waals surface area contributed by atoms with Gasteiger partial charge in [-0.05, 0) is 24.3 Å². The van der Waals surface area contributed by atoms with Gasteiger partial charge in [0.15, 0.2) is 18.1 Å².